The average molecular weight is 305 g/mol. The Labute approximate surface area is 135 Å². The molecule has 4 rings (SSSR count). The summed E-state index contributed by atoms with van der Waals surface area (Å²) in [5.74, 6) is 1.65. The molecule has 1 N–H and O–H groups in total. The molecule has 116 valence electrons. The minimum absolute atomic E-state index is 0.693. The van der Waals surface area contributed by atoms with E-state index < -0.39 is 0 Å². The van der Waals surface area contributed by atoms with Crippen LogP contribution in [0.15, 0.2) is 49.1 Å². The highest BCUT2D eigenvalue weighted by molar-refractivity contribution is 5.50. The highest BCUT2D eigenvalue weighted by Crippen LogP contribution is 2.26. The molecule has 0 fully saturated rings. The smallest absolute Gasteiger partial charge is 0.237 e. The normalized spacial score (nSPS) is 13.6. The van der Waals surface area contributed by atoms with Crippen LogP contribution >= 0.6 is 0 Å². The number of imidazole rings is 1. The zero-order valence-corrected chi connectivity index (χ0v) is 12.9. The first-order valence-electron chi connectivity index (χ1n) is 8.06. The van der Waals surface area contributed by atoms with Gasteiger partial charge in [-0.15, -0.1) is 0 Å². The summed E-state index contributed by atoms with van der Waals surface area (Å²) in [6.07, 6.45) is 9.86. The lowest BCUT2D eigenvalue weighted by molar-refractivity contribution is 0.658. The molecule has 5 heteroatoms. The lowest BCUT2D eigenvalue weighted by Gasteiger charge is -2.20. The lowest BCUT2D eigenvalue weighted by atomic mass is 9.96. The number of fused-ring (bicyclic) bond motifs is 1. The molecule has 0 unspecified atom stereocenters. The monoisotopic (exact) mass is 305 g/mol. The zero-order valence-electron chi connectivity index (χ0n) is 12.9. The molecule has 0 saturated heterocycles. The average Bonchev–Trinajstić information content (AvgIpc) is 3.15. The van der Waals surface area contributed by atoms with Crippen molar-refractivity contribution in [1.29, 1.82) is 0 Å². The van der Waals surface area contributed by atoms with Crippen LogP contribution < -0.4 is 5.32 Å². The summed E-state index contributed by atoms with van der Waals surface area (Å²) in [5, 5.41) is 3.51. The molecule has 1 aliphatic rings. The van der Waals surface area contributed by atoms with Gasteiger partial charge in [-0.25, -0.2) is 9.97 Å². The molecule has 0 amide bonds. The first kappa shape index (κ1) is 13.9. The molecule has 0 spiro atoms. The van der Waals surface area contributed by atoms with Crippen LogP contribution in [0.25, 0.3) is 5.95 Å². The van der Waals surface area contributed by atoms with E-state index in [4.69, 9.17) is 9.97 Å². The largest absolute Gasteiger partial charge is 0.366 e. The minimum atomic E-state index is 0.693. The molecule has 2 heterocycles. The van der Waals surface area contributed by atoms with E-state index in [0.717, 1.165) is 25.2 Å². The van der Waals surface area contributed by atoms with Crippen LogP contribution in [0.5, 0.6) is 0 Å². The van der Waals surface area contributed by atoms with Gasteiger partial charge in [0.1, 0.15) is 12.1 Å². The molecule has 2 aromatic heterocycles. The molecule has 5 nitrogen and oxygen atoms in total. The Morgan fingerprint density at radius 2 is 1.91 bits per heavy atom. The van der Waals surface area contributed by atoms with Crippen molar-refractivity contribution >= 4 is 5.82 Å². The second-order valence-electron chi connectivity index (χ2n) is 5.81. The SMILES string of the molecule is c1ccc(CNc2nc(-n3ccnc3)nc3c2CCCC3)cc1. The third-order valence-electron chi connectivity index (χ3n) is 4.21. The molecule has 0 aliphatic heterocycles. The van der Waals surface area contributed by atoms with E-state index in [-0.39, 0.29) is 0 Å². The van der Waals surface area contributed by atoms with Gasteiger partial charge in [-0.1, -0.05) is 30.3 Å². The summed E-state index contributed by atoms with van der Waals surface area (Å²) >= 11 is 0. The van der Waals surface area contributed by atoms with Crippen LogP contribution in [0.2, 0.25) is 0 Å². The van der Waals surface area contributed by atoms with Crippen LogP contribution in [0, 0.1) is 0 Å². The summed E-state index contributed by atoms with van der Waals surface area (Å²) in [6, 6.07) is 10.4. The Morgan fingerprint density at radius 3 is 2.74 bits per heavy atom. The van der Waals surface area contributed by atoms with E-state index in [0.29, 0.717) is 5.95 Å². The molecular weight excluding hydrogens is 286 g/mol. The van der Waals surface area contributed by atoms with E-state index in [1.807, 2.05) is 16.8 Å². The van der Waals surface area contributed by atoms with Gasteiger partial charge in [0, 0.05) is 24.5 Å². The van der Waals surface area contributed by atoms with Crippen LogP contribution in [0.3, 0.4) is 0 Å². The Kier molecular flexibility index (Phi) is 3.76. The van der Waals surface area contributed by atoms with Crippen LogP contribution in [-0.4, -0.2) is 19.5 Å². The van der Waals surface area contributed by atoms with Gasteiger partial charge in [-0.05, 0) is 31.2 Å². The summed E-state index contributed by atoms with van der Waals surface area (Å²) in [4.78, 5) is 13.6. The Hall–Kier alpha value is -2.69. The van der Waals surface area contributed by atoms with Crippen molar-refractivity contribution in [3.05, 3.63) is 65.9 Å². The van der Waals surface area contributed by atoms with E-state index in [1.54, 1.807) is 12.5 Å². The standard InChI is InChI=1S/C18H19N5/c1-2-6-14(7-3-1)12-20-17-15-8-4-5-9-16(15)21-18(22-17)23-11-10-19-13-23/h1-3,6-7,10-11,13H,4-5,8-9,12H2,(H,20,21,22). The van der Waals surface area contributed by atoms with Gasteiger partial charge in [0.05, 0.1) is 5.69 Å². The molecular formula is C18H19N5. The van der Waals surface area contributed by atoms with Gasteiger partial charge in [0.2, 0.25) is 5.95 Å². The van der Waals surface area contributed by atoms with Gasteiger partial charge in [0.25, 0.3) is 0 Å². The number of nitrogens with one attached hydrogen (secondary N) is 1. The highest BCUT2D eigenvalue weighted by Gasteiger charge is 2.18. The summed E-state index contributed by atoms with van der Waals surface area (Å²) in [6.45, 7) is 0.771. The lowest BCUT2D eigenvalue weighted by Crippen LogP contribution is -2.15. The number of hydrogen-bond donors (Lipinski definition) is 1. The Balaban J connectivity index is 1.67. The van der Waals surface area contributed by atoms with Crippen molar-refractivity contribution in [1.82, 2.24) is 19.5 Å². The van der Waals surface area contributed by atoms with E-state index in [9.17, 15) is 0 Å². The van der Waals surface area contributed by atoms with E-state index in [2.05, 4.69) is 34.6 Å². The van der Waals surface area contributed by atoms with Crippen molar-refractivity contribution in [3.63, 3.8) is 0 Å². The molecule has 3 aromatic rings. The highest BCUT2D eigenvalue weighted by atomic mass is 15.2. The van der Waals surface area contributed by atoms with Crippen molar-refractivity contribution in [2.45, 2.75) is 32.2 Å². The van der Waals surface area contributed by atoms with E-state index in [1.165, 1.54) is 29.7 Å². The van der Waals surface area contributed by atoms with Crippen molar-refractivity contribution in [3.8, 4) is 5.95 Å². The number of hydrogen-bond acceptors (Lipinski definition) is 4. The summed E-state index contributed by atoms with van der Waals surface area (Å²) in [5.41, 5.74) is 3.70. The van der Waals surface area contributed by atoms with E-state index >= 15 is 0 Å². The first-order chi connectivity index (χ1) is 11.4. The van der Waals surface area contributed by atoms with Crippen molar-refractivity contribution in [2.75, 3.05) is 5.32 Å². The summed E-state index contributed by atoms with van der Waals surface area (Å²) < 4.78 is 1.86. The molecule has 0 bridgehead atoms. The number of aromatic nitrogens is 4. The van der Waals surface area contributed by atoms with Crippen molar-refractivity contribution in [2.24, 2.45) is 0 Å². The quantitative estimate of drug-likeness (QED) is 0.804. The topological polar surface area (TPSA) is 55.6 Å². The fourth-order valence-electron chi connectivity index (χ4n) is 3.00. The maximum absolute atomic E-state index is 4.74. The van der Waals surface area contributed by atoms with Gasteiger partial charge in [0.15, 0.2) is 0 Å². The molecule has 1 aliphatic carbocycles. The third kappa shape index (κ3) is 2.95. The number of aryl methyl sites for hydroxylation is 1. The second-order valence-corrected chi connectivity index (χ2v) is 5.81. The third-order valence-corrected chi connectivity index (χ3v) is 4.21. The number of benzene rings is 1. The fourth-order valence-corrected chi connectivity index (χ4v) is 3.00. The number of rotatable bonds is 4. The maximum Gasteiger partial charge on any atom is 0.237 e. The molecule has 1 aromatic carbocycles. The van der Waals surface area contributed by atoms with Crippen LogP contribution in [-0.2, 0) is 19.4 Å². The van der Waals surface area contributed by atoms with Crippen molar-refractivity contribution < 1.29 is 0 Å². The summed E-state index contributed by atoms with van der Waals surface area (Å²) in [7, 11) is 0. The Morgan fingerprint density at radius 1 is 1.04 bits per heavy atom. The molecule has 23 heavy (non-hydrogen) atoms. The Bertz CT molecular complexity index is 781. The van der Waals surface area contributed by atoms with Gasteiger partial charge in [-0.3, -0.25) is 4.57 Å². The number of nitrogens with zero attached hydrogens (tertiary/aromatic N) is 4. The maximum atomic E-state index is 4.74. The molecule has 0 radical (unpaired) electrons. The second kappa shape index (κ2) is 6.20. The predicted octanol–water partition coefficient (Wildman–Crippen LogP) is 3.15. The van der Waals surface area contributed by atoms with Crippen LogP contribution in [0.4, 0.5) is 5.82 Å². The number of anilines is 1. The minimum Gasteiger partial charge on any atom is -0.366 e. The molecule has 0 atom stereocenters. The van der Waals surface area contributed by atoms with Crippen LogP contribution in [0.1, 0.15) is 29.7 Å². The zero-order chi connectivity index (χ0) is 15.5. The predicted molar refractivity (Wildman–Crippen MR) is 89.6 cm³/mol. The molecule has 0 saturated carbocycles. The van der Waals surface area contributed by atoms with Gasteiger partial charge >= 0.3 is 0 Å². The van der Waals surface area contributed by atoms with Gasteiger partial charge < -0.3 is 5.32 Å². The fraction of sp³-hybridized carbons (Fsp3) is 0.278. The van der Waals surface area contributed by atoms with Gasteiger partial charge in [-0.2, -0.15) is 4.98 Å². The first-order valence-corrected chi connectivity index (χ1v) is 8.06.